The maximum atomic E-state index is 12.2. The molecule has 0 unspecified atom stereocenters. The first-order valence-corrected chi connectivity index (χ1v) is 10.9. The molecule has 1 amide bonds. The summed E-state index contributed by atoms with van der Waals surface area (Å²) in [5.74, 6) is -0.514. The van der Waals surface area contributed by atoms with Crippen molar-refractivity contribution >= 4 is 33.2 Å². The summed E-state index contributed by atoms with van der Waals surface area (Å²) in [5, 5.41) is 4.53. The zero-order valence-electron chi connectivity index (χ0n) is 15.3. The molecule has 1 aromatic carbocycles. The minimum absolute atomic E-state index is 0.0669. The quantitative estimate of drug-likeness (QED) is 0.529. The Labute approximate surface area is 167 Å². The van der Waals surface area contributed by atoms with Crippen LogP contribution in [0.3, 0.4) is 0 Å². The van der Waals surface area contributed by atoms with Crippen molar-refractivity contribution in [2.75, 3.05) is 19.8 Å². The van der Waals surface area contributed by atoms with Gasteiger partial charge in [0.25, 0.3) is 5.91 Å². The molecule has 0 saturated heterocycles. The molecule has 0 spiro atoms. The number of hydrogen-bond acceptors (Lipinski definition) is 7. The van der Waals surface area contributed by atoms with E-state index < -0.39 is 28.5 Å². The van der Waals surface area contributed by atoms with Crippen molar-refractivity contribution < 1.29 is 27.5 Å². The summed E-state index contributed by atoms with van der Waals surface area (Å²) >= 11 is 1.51. The molecule has 1 heterocycles. The lowest BCUT2D eigenvalue weighted by molar-refractivity contribution is -0.148. The molecule has 2 rings (SSSR count). The molecule has 0 bridgehead atoms. The molecule has 2 N–H and O–H groups in total. The van der Waals surface area contributed by atoms with Gasteiger partial charge in [-0.15, -0.1) is 11.3 Å². The predicted molar refractivity (Wildman–Crippen MR) is 105 cm³/mol. The Morgan fingerprint density at radius 3 is 2.54 bits per heavy atom. The molecular weight excluding hydrogens is 404 g/mol. The van der Waals surface area contributed by atoms with Crippen molar-refractivity contribution in [3.05, 3.63) is 46.7 Å². The van der Waals surface area contributed by atoms with Gasteiger partial charge in [0.15, 0.2) is 6.61 Å². The van der Waals surface area contributed by atoms with Crippen molar-refractivity contribution in [3.8, 4) is 5.75 Å². The van der Waals surface area contributed by atoms with Gasteiger partial charge in [0, 0.05) is 11.4 Å². The monoisotopic (exact) mass is 426 g/mol. The molecule has 1 aromatic heterocycles. The number of sulfonamides is 1. The maximum absolute atomic E-state index is 12.2. The van der Waals surface area contributed by atoms with Gasteiger partial charge in [-0.1, -0.05) is 6.07 Å². The summed E-state index contributed by atoms with van der Waals surface area (Å²) in [6.45, 7) is 2.15. The Morgan fingerprint density at radius 1 is 1.14 bits per heavy atom. The number of thiophene rings is 1. The van der Waals surface area contributed by atoms with Gasteiger partial charge in [-0.2, -0.15) is 0 Å². The number of hydrogen-bond donors (Lipinski definition) is 2. The molecule has 0 saturated carbocycles. The van der Waals surface area contributed by atoms with Crippen LogP contribution in [0.4, 0.5) is 0 Å². The van der Waals surface area contributed by atoms with Crippen LogP contribution in [-0.4, -0.2) is 40.1 Å². The number of benzene rings is 1. The first kappa shape index (κ1) is 21.9. The standard InChI is InChI=1S/C18H22N2O6S2/c1-2-25-14-5-7-16(8-6-14)28(23,24)20-10-9-18(22)26-13-17(21)19-12-15-4-3-11-27-15/h3-8,11,20H,2,9-10,12-13H2,1H3,(H,19,21). The van der Waals surface area contributed by atoms with Crippen LogP contribution < -0.4 is 14.8 Å². The van der Waals surface area contributed by atoms with Crippen molar-refractivity contribution in [3.63, 3.8) is 0 Å². The second-order valence-corrected chi connectivity index (χ2v) is 8.37. The highest BCUT2D eigenvalue weighted by molar-refractivity contribution is 7.89. The lowest BCUT2D eigenvalue weighted by Gasteiger charge is -2.08. The van der Waals surface area contributed by atoms with E-state index >= 15 is 0 Å². The molecule has 10 heteroatoms. The van der Waals surface area contributed by atoms with Crippen LogP contribution in [-0.2, 0) is 30.9 Å². The second kappa shape index (κ2) is 10.8. The van der Waals surface area contributed by atoms with E-state index in [9.17, 15) is 18.0 Å². The predicted octanol–water partition coefficient (Wildman–Crippen LogP) is 1.67. The van der Waals surface area contributed by atoms with Crippen molar-refractivity contribution in [1.29, 1.82) is 0 Å². The summed E-state index contributed by atoms with van der Waals surface area (Å²) in [6, 6.07) is 9.71. The smallest absolute Gasteiger partial charge is 0.307 e. The van der Waals surface area contributed by atoms with E-state index in [0.29, 0.717) is 18.9 Å². The van der Waals surface area contributed by atoms with Crippen LogP contribution in [0.15, 0.2) is 46.7 Å². The van der Waals surface area contributed by atoms with Crippen LogP contribution in [0.1, 0.15) is 18.2 Å². The maximum Gasteiger partial charge on any atom is 0.307 e. The number of amides is 1. The Kier molecular flexibility index (Phi) is 8.42. The molecule has 0 aliphatic heterocycles. The number of nitrogens with one attached hydrogen (secondary N) is 2. The summed E-state index contributed by atoms with van der Waals surface area (Å²) in [7, 11) is -3.74. The van der Waals surface area contributed by atoms with Crippen molar-refractivity contribution in [2.45, 2.75) is 24.8 Å². The Hall–Kier alpha value is -2.43. The largest absolute Gasteiger partial charge is 0.494 e. The zero-order chi connectivity index (χ0) is 20.4. The molecule has 0 fully saturated rings. The topological polar surface area (TPSA) is 111 Å². The molecule has 0 aliphatic rings. The van der Waals surface area contributed by atoms with E-state index in [1.54, 1.807) is 12.1 Å². The Morgan fingerprint density at radius 2 is 1.89 bits per heavy atom. The van der Waals surface area contributed by atoms with Gasteiger partial charge in [0.2, 0.25) is 10.0 Å². The highest BCUT2D eigenvalue weighted by atomic mass is 32.2. The summed E-state index contributed by atoms with van der Waals surface area (Å²) in [4.78, 5) is 24.4. The van der Waals surface area contributed by atoms with E-state index in [-0.39, 0.29) is 17.9 Å². The molecule has 2 aromatic rings. The first-order valence-electron chi connectivity index (χ1n) is 8.58. The average Bonchev–Trinajstić information content (AvgIpc) is 3.19. The summed E-state index contributed by atoms with van der Waals surface area (Å²) in [6.07, 6.45) is -0.186. The number of carbonyl (C=O) groups excluding carboxylic acids is 2. The van der Waals surface area contributed by atoms with Crippen LogP contribution in [0.5, 0.6) is 5.75 Å². The molecule has 0 aliphatic carbocycles. The number of carbonyl (C=O) groups is 2. The van der Waals surface area contributed by atoms with Gasteiger partial charge in [0.1, 0.15) is 5.75 Å². The molecule has 0 atom stereocenters. The van der Waals surface area contributed by atoms with Gasteiger partial charge < -0.3 is 14.8 Å². The van der Waals surface area contributed by atoms with Crippen LogP contribution >= 0.6 is 11.3 Å². The van der Waals surface area contributed by atoms with Gasteiger partial charge in [-0.3, -0.25) is 9.59 Å². The Balaban J connectivity index is 1.68. The lowest BCUT2D eigenvalue weighted by Crippen LogP contribution is -2.30. The van der Waals surface area contributed by atoms with Crippen molar-refractivity contribution in [2.24, 2.45) is 0 Å². The third-order valence-electron chi connectivity index (χ3n) is 3.47. The third-order valence-corrected chi connectivity index (χ3v) is 5.82. The zero-order valence-corrected chi connectivity index (χ0v) is 17.0. The van der Waals surface area contributed by atoms with Crippen LogP contribution in [0, 0.1) is 0 Å². The highest BCUT2D eigenvalue weighted by Gasteiger charge is 2.15. The lowest BCUT2D eigenvalue weighted by atomic mass is 10.3. The SMILES string of the molecule is CCOc1ccc(S(=O)(=O)NCCC(=O)OCC(=O)NCc2cccs2)cc1. The fraction of sp³-hybridized carbons (Fsp3) is 0.333. The minimum atomic E-state index is -3.74. The van der Waals surface area contributed by atoms with Crippen LogP contribution in [0.25, 0.3) is 0 Å². The van der Waals surface area contributed by atoms with Crippen molar-refractivity contribution in [1.82, 2.24) is 10.0 Å². The second-order valence-electron chi connectivity index (χ2n) is 5.57. The Bertz CT molecular complexity index is 864. The van der Waals surface area contributed by atoms with Crippen LogP contribution in [0.2, 0.25) is 0 Å². The molecule has 8 nitrogen and oxygen atoms in total. The average molecular weight is 427 g/mol. The third kappa shape index (κ3) is 7.29. The first-order chi connectivity index (χ1) is 13.4. The van der Waals surface area contributed by atoms with E-state index in [1.165, 1.54) is 23.5 Å². The van der Waals surface area contributed by atoms with Gasteiger partial charge in [0.05, 0.1) is 24.5 Å². The fourth-order valence-electron chi connectivity index (χ4n) is 2.12. The van der Waals surface area contributed by atoms with Gasteiger partial charge in [-0.25, -0.2) is 13.1 Å². The highest BCUT2D eigenvalue weighted by Crippen LogP contribution is 2.15. The molecule has 0 radical (unpaired) electrons. The van der Waals surface area contributed by atoms with E-state index in [4.69, 9.17) is 9.47 Å². The minimum Gasteiger partial charge on any atom is -0.494 e. The molecule has 28 heavy (non-hydrogen) atoms. The normalized spacial score (nSPS) is 11.0. The fourth-order valence-corrected chi connectivity index (χ4v) is 3.80. The van der Waals surface area contributed by atoms with Gasteiger partial charge in [-0.05, 0) is 42.6 Å². The van der Waals surface area contributed by atoms with E-state index in [0.717, 1.165) is 4.88 Å². The van der Waals surface area contributed by atoms with E-state index in [2.05, 4.69) is 10.0 Å². The van der Waals surface area contributed by atoms with Gasteiger partial charge >= 0.3 is 5.97 Å². The number of ether oxygens (including phenoxy) is 2. The van der Waals surface area contributed by atoms with E-state index in [1.807, 2.05) is 24.4 Å². The molecular formula is C18H22N2O6S2. The molecule has 152 valence electrons. The number of esters is 1. The summed E-state index contributed by atoms with van der Waals surface area (Å²) < 4.78 is 36.8. The summed E-state index contributed by atoms with van der Waals surface area (Å²) in [5.41, 5.74) is 0. The number of rotatable bonds is 11.